The van der Waals surface area contributed by atoms with Crippen LogP contribution in [0.3, 0.4) is 0 Å². The molecule has 0 unspecified atom stereocenters. The first-order chi connectivity index (χ1) is 10.3. The monoisotopic (exact) mass is 315 g/mol. The molecule has 2 aromatic heterocycles. The van der Waals surface area contributed by atoms with Crippen molar-refractivity contribution in [3.8, 4) is 22.0 Å². The van der Waals surface area contributed by atoms with Crippen molar-refractivity contribution in [3.05, 3.63) is 58.6 Å². The Labute approximate surface area is 132 Å². The molecule has 0 saturated heterocycles. The summed E-state index contributed by atoms with van der Waals surface area (Å²) in [5, 5.41) is 1.52. The number of hydrogen-bond acceptors (Lipinski definition) is 4. The predicted octanol–water partition coefficient (Wildman–Crippen LogP) is 4.03. The Hall–Kier alpha value is -1.75. The summed E-state index contributed by atoms with van der Waals surface area (Å²) in [7, 11) is 0. The summed E-state index contributed by atoms with van der Waals surface area (Å²) >= 11 is 7.53. The molecule has 106 valence electrons. The molecule has 0 aliphatic rings. The predicted molar refractivity (Wildman–Crippen MR) is 88.5 cm³/mol. The highest BCUT2D eigenvalue weighted by molar-refractivity contribution is 7.15. The third kappa shape index (κ3) is 3.13. The maximum atomic E-state index is 5.89. The van der Waals surface area contributed by atoms with Crippen LogP contribution in [0.15, 0.2) is 48.7 Å². The van der Waals surface area contributed by atoms with Crippen molar-refractivity contribution in [2.45, 2.75) is 6.42 Å². The fourth-order valence-corrected chi connectivity index (χ4v) is 3.27. The lowest BCUT2D eigenvalue weighted by Gasteiger charge is -2.00. The topological polar surface area (TPSA) is 51.8 Å². The zero-order valence-electron chi connectivity index (χ0n) is 11.3. The van der Waals surface area contributed by atoms with E-state index in [2.05, 4.69) is 17.1 Å². The number of nitrogens with two attached hydrogens (primary N) is 1. The van der Waals surface area contributed by atoms with Gasteiger partial charge in [0.05, 0.1) is 16.4 Å². The van der Waals surface area contributed by atoms with Gasteiger partial charge >= 0.3 is 0 Å². The Morgan fingerprint density at radius 3 is 2.57 bits per heavy atom. The van der Waals surface area contributed by atoms with Crippen molar-refractivity contribution in [1.29, 1.82) is 0 Å². The van der Waals surface area contributed by atoms with E-state index in [0.29, 0.717) is 11.6 Å². The SMILES string of the molecule is NCCc1sc(-c2ccc(Cl)cn2)nc1-c1ccccc1. The Morgan fingerprint density at radius 2 is 1.90 bits per heavy atom. The first kappa shape index (κ1) is 14.2. The number of thiazole rings is 1. The molecule has 3 aromatic rings. The number of nitrogens with zero attached hydrogens (tertiary/aromatic N) is 2. The standard InChI is InChI=1S/C16H14ClN3S/c17-12-6-7-13(19-10-12)16-20-15(14(21-16)8-9-18)11-4-2-1-3-5-11/h1-7,10H,8-9,18H2. The summed E-state index contributed by atoms with van der Waals surface area (Å²) in [6.45, 7) is 0.607. The number of hydrogen-bond donors (Lipinski definition) is 1. The van der Waals surface area contributed by atoms with E-state index in [1.165, 1.54) is 4.88 Å². The van der Waals surface area contributed by atoms with Crippen LogP contribution in [0, 0.1) is 0 Å². The fraction of sp³-hybridized carbons (Fsp3) is 0.125. The van der Waals surface area contributed by atoms with Gasteiger partial charge in [0.2, 0.25) is 0 Å². The van der Waals surface area contributed by atoms with Gasteiger partial charge in [-0.1, -0.05) is 41.9 Å². The molecule has 2 N–H and O–H groups in total. The minimum atomic E-state index is 0.607. The molecule has 0 radical (unpaired) electrons. The Balaban J connectivity index is 2.06. The van der Waals surface area contributed by atoms with Gasteiger partial charge < -0.3 is 5.73 Å². The molecular formula is C16H14ClN3S. The van der Waals surface area contributed by atoms with Crippen LogP contribution in [-0.2, 0) is 6.42 Å². The Kier molecular flexibility index (Phi) is 4.29. The fourth-order valence-electron chi connectivity index (χ4n) is 2.09. The quantitative estimate of drug-likeness (QED) is 0.791. The van der Waals surface area contributed by atoms with Gasteiger partial charge in [0, 0.05) is 16.6 Å². The maximum Gasteiger partial charge on any atom is 0.142 e. The maximum absolute atomic E-state index is 5.89. The summed E-state index contributed by atoms with van der Waals surface area (Å²) in [6.07, 6.45) is 2.46. The number of benzene rings is 1. The zero-order valence-corrected chi connectivity index (χ0v) is 12.9. The summed E-state index contributed by atoms with van der Waals surface area (Å²) in [6, 6.07) is 13.9. The van der Waals surface area contributed by atoms with E-state index in [1.807, 2.05) is 30.3 Å². The minimum Gasteiger partial charge on any atom is -0.330 e. The molecule has 5 heteroatoms. The third-order valence-electron chi connectivity index (χ3n) is 3.06. The third-order valence-corrected chi connectivity index (χ3v) is 4.42. The van der Waals surface area contributed by atoms with E-state index in [-0.39, 0.29) is 0 Å². The highest BCUT2D eigenvalue weighted by Crippen LogP contribution is 2.33. The van der Waals surface area contributed by atoms with Gasteiger partial charge in [-0.25, -0.2) is 4.98 Å². The van der Waals surface area contributed by atoms with E-state index < -0.39 is 0 Å². The smallest absolute Gasteiger partial charge is 0.142 e. The lowest BCUT2D eigenvalue weighted by molar-refractivity contribution is 0.986. The number of pyridine rings is 1. The molecule has 0 fully saturated rings. The number of rotatable bonds is 4. The molecule has 0 spiro atoms. The van der Waals surface area contributed by atoms with E-state index in [9.17, 15) is 0 Å². The molecule has 0 bridgehead atoms. The van der Waals surface area contributed by atoms with Crippen molar-refractivity contribution in [2.75, 3.05) is 6.54 Å². The van der Waals surface area contributed by atoms with Gasteiger partial charge in [-0.15, -0.1) is 11.3 Å². The van der Waals surface area contributed by atoms with E-state index in [0.717, 1.165) is 28.4 Å². The van der Waals surface area contributed by atoms with Crippen LogP contribution in [0.2, 0.25) is 5.02 Å². The molecule has 3 rings (SSSR count). The van der Waals surface area contributed by atoms with Crippen molar-refractivity contribution in [2.24, 2.45) is 5.73 Å². The molecule has 3 nitrogen and oxygen atoms in total. The average molecular weight is 316 g/mol. The number of aromatic nitrogens is 2. The van der Waals surface area contributed by atoms with Crippen LogP contribution in [0.4, 0.5) is 0 Å². The van der Waals surface area contributed by atoms with Crippen LogP contribution >= 0.6 is 22.9 Å². The molecule has 2 heterocycles. The van der Waals surface area contributed by atoms with Crippen LogP contribution < -0.4 is 5.73 Å². The molecule has 0 aliphatic heterocycles. The lowest BCUT2D eigenvalue weighted by atomic mass is 10.1. The van der Waals surface area contributed by atoms with Gasteiger partial charge in [0.1, 0.15) is 5.01 Å². The largest absolute Gasteiger partial charge is 0.330 e. The van der Waals surface area contributed by atoms with E-state index in [1.54, 1.807) is 17.5 Å². The van der Waals surface area contributed by atoms with E-state index in [4.69, 9.17) is 22.3 Å². The Bertz CT molecular complexity index is 723. The Morgan fingerprint density at radius 1 is 1.10 bits per heavy atom. The zero-order chi connectivity index (χ0) is 14.7. The highest BCUT2D eigenvalue weighted by atomic mass is 35.5. The van der Waals surface area contributed by atoms with Gasteiger partial charge in [0.25, 0.3) is 0 Å². The second kappa shape index (κ2) is 6.35. The molecule has 0 saturated carbocycles. The second-order valence-corrected chi connectivity index (χ2v) is 6.08. The molecule has 0 atom stereocenters. The molecule has 0 amide bonds. The van der Waals surface area contributed by atoms with Gasteiger partial charge in [-0.3, -0.25) is 4.98 Å². The van der Waals surface area contributed by atoms with Crippen LogP contribution in [0.5, 0.6) is 0 Å². The van der Waals surface area contributed by atoms with Crippen molar-refractivity contribution in [1.82, 2.24) is 9.97 Å². The van der Waals surface area contributed by atoms with Crippen LogP contribution in [-0.4, -0.2) is 16.5 Å². The average Bonchev–Trinajstić information content (AvgIpc) is 2.93. The van der Waals surface area contributed by atoms with Crippen molar-refractivity contribution >= 4 is 22.9 Å². The molecular weight excluding hydrogens is 302 g/mol. The minimum absolute atomic E-state index is 0.607. The van der Waals surface area contributed by atoms with Crippen molar-refractivity contribution in [3.63, 3.8) is 0 Å². The first-order valence-electron chi connectivity index (χ1n) is 6.65. The summed E-state index contributed by atoms with van der Waals surface area (Å²) in [5.41, 5.74) is 8.67. The lowest BCUT2D eigenvalue weighted by Crippen LogP contribution is -2.02. The highest BCUT2D eigenvalue weighted by Gasteiger charge is 2.14. The first-order valence-corrected chi connectivity index (χ1v) is 7.84. The van der Waals surface area contributed by atoms with Gasteiger partial charge in [0.15, 0.2) is 0 Å². The van der Waals surface area contributed by atoms with Gasteiger partial charge in [-0.2, -0.15) is 0 Å². The van der Waals surface area contributed by atoms with Crippen molar-refractivity contribution < 1.29 is 0 Å². The van der Waals surface area contributed by atoms with E-state index >= 15 is 0 Å². The van der Waals surface area contributed by atoms with Crippen LogP contribution in [0.1, 0.15) is 4.88 Å². The van der Waals surface area contributed by atoms with Gasteiger partial charge in [-0.05, 0) is 25.1 Å². The normalized spacial score (nSPS) is 10.8. The molecule has 0 aliphatic carbocycles. The van der Waals surface area contributed by atoms with Crippen LogP contribution in [0.25, 0.3) is 22.0 Å². The summed E-state index contributed by atoms with van der Waals surface area (Å²) < 4.78 is 0. The number of halogens is 1. The summed E-state index contributed by atoms with van der Waals surface area (Å²) in [4.78, 5) is 10.3. The summed E-state index contributed by atoms with van der Waals surface area (Å²) in [5.74, 6) is 0. The molecule has 1 aromatic carbocycles. The molecule has 21 heavy (non-hydrogen) atoms. The second-order valence-electron chi connectivity index (χ2n) is 4.56.